The van der Waals surface area contributed by atoms with Gasteiger partial charge in [0.15, 0.2) is 0 Å². The molecule has 1 saturated heterocycles. The van der Waals surface area contributed by atoms with E-state index in [-0.39, 0.29) is 11.8 Å². The second-order valence-electron chi connectivity index (χ2n) is 6.35. The zero-order valence-electron chi connectivity index (χ0n) is 14.8. The molecule has 7 heteroatoms. The van der Waals surface area contributed by atoms with Crippen LogP contribution in [0.2, 0.25) is 0 Å². The third kappa shape index (κ3) is 5.37. The molecule has 0 spiro atoms. The van der Waals surface area contributed by atoms with E-state index in [9.17, 15) is 9.59 Å². The van der Waals surface area contributed by atoms with Crippen molar-refractivity contribution in [3.05, 3.63) is 52.5 Å². The first-order valence-electron chi connectivity index (χ1n) is 8.93. The summed E-state index contributed by atoms with van der Waals surface area (Å²) in [5, 5.41) is 4.75. The number of pyridine rings is 1. The fourth-order valence-corrected chi connectivity index (χ4v) is 3.64. The molecule has 0 unspecified atom stereocenters. The summed E-state index contributed by atoms with van der Waals surface area (Å²) in [6.07, 6.45) is 4.78. The predicted octanol–water partition coefficient (Wildman–Crippen LogP) is 2.00. The van der Waals surface area contributed by atoms with E-state index in [1.165, 1.54) is 16.9 Å². The summed E-state index contributed by atoms with van der Waals surface area (Å²) in [6.45, 7) is 4.76. The van der Waals surface area contributed by atoms with Crippen LogP contribution in [0.4, 0.5) is 0 Å². The van der Waals surface area contributed by atoms with Gasteiger partial charge in [0.1, 0.15) is 0 Å². The Morgan fingerprint density at radius 2 is 1.88 bits per heavy atom. The van der Waals surface area contributed by atoms with Gasteiger partial charge in [-0.25, -0.2) is 0 Å². The Morgan fingerprint density at radius 1 is 1.12 bits per heavy atom. The van der Waals surface area contributed by atoms with Crippen LogP contribution in [0.25, 0.3) is 0 Å². The molecule has 1 N–H and O–H groups in total. The lowest BCUT2D eigenvalue weighted by molar-refractivity contribution is -0.133. The van der Waals surface area contributed by atoms with E-state index in [4.69, 9.17) is 0 Å². The molecule has 1 fully saturated rings. The topological polar surface area (TPSA) is 65.5 Å². The van der Waals surface area contributed by atoms with Crippen molar-refractivity contribution >= 4 is 23.2 Å². The van der Waals surface area contributed by atoms with E-state index >= 15 is 0 Å². The van der Waals surface area contributed by atoms with E-state index in [0.717, 1.165) is 32.7 Å². The van der Waals surface area contributed by atoms with E-state index in [2.05, 4.69) is 15.2 Å². The van der Waals surface area contributed by atoms with Crippen molar-refractivity contribution in [1.29, 1.82) is 0 Å². The Morgan fingerprint density at radius 3 is 2.58 bits per heavy atom. The van der Waals surface area contributed by atoms with Gasteiger partial charge in [0.25, 0.3) is 5.91 Å². The Labute approximate surface area is 157 Å². The molecule has 3 rings (SSSR count). The van der Waals surface area contributed by atoms with Crippen molar-refractivity contribution in [2.45, 2.75) is 19.4 Å². The predicted molar refractivity (Wildman–Crippen MR) is 102 cm³/mol. The monoisotopic (exact) mass is 372 g/mol. The van der Waals surface area contributed by atoms with Crippen molar-refractivity contribution in [2.24, 2.45) is 0 Å². The van der Waals surface area contributed by atoms with Crippen LogP contribution in [0.3, 0.4) is 0 Å². The number of hydrogen-bond donors (Lipinski definition) is 1. The quantitative estimate of drug-likeness (QED) is 0.755. The normalized spacial score (nSPS) is 15.0. The molecule has 0 radical (unpaired) electrons. The first-order chi connectivity index (χ1) is 12.7. The van der Waals surface area contributed by atoms with Crippen LogP contribution in [0.15, 0.2) is 42.0 Å². The van der Waals surface area contributed by atoms with Crippen molar-refractivity contribution in [3.63, 3.8) is 0 Å². The molecule has 0 atom stereocenters. The van der Waals surface area contributed by atoms with Gasteiger partial charge in [0.05, 0.1) is 4.88 Å². The average Bonchev–Trinajstić information content (AvgIpc) is 3.21. The number of amides is 2. The maximum Gasteiger partial charge on any atom is 0.261 e. The smallest absolute Gasteiger partial charge is 0.261 e. The van der Waals surface area contributed by atoms with Crippen LogP contribution in [0, 0.1) is 0 Å². The van der Waals surface area contributed by atoms with E-state index in [1.54, 1.807) is 6.07 Å². The van der Waals surface area contributed by atoms with E-state index < -0.39 is 0 Å². The third-order valence-corrected chi connectivity index (χ3v) is 5.35. The highest BCUT2D eigenvalue weighted by molar-refractivity contribution is 7.12. The van der Waals surface area contributed by atoms with Gasteiger partial charge in [0, 0.05) is 58.1 Å². The van der Waals surface area contributed by atoms with Gasteiger partial charge < -0.3 is 10.2 Å². The second-order valence-corrected chi connectivity index (χ2v) is 7.30. The SMILES string of the molecule is O=C(NCCCC(=O)N1CCN(Cc2ccncc2)CC1)c1cccs1. The third-order valence-electron chi connectivity index (χ3n) is 4.48. The summed E-state index contributed by atoms with van der Waals surface area (Å²) in [7, 11) is 0. The zero-order chi connectivity index (χ0) is 18.2. The molecule has 2 aromatic rings. The van der Waals surface area contributed by atoms with Crippen molar-refractivity contribution < 1.29 is 9.59 Å². The number of rotatable bonds is 7. The molecule has 0 aromatic carbocycles. The first-order valence-corrected chi connectivity index (χ1v) is 9.81. The molecular weight excluding hydrogens is 348 g/mol. The number of nitrogens with zero attached hydrogens (tertiary/aromatic N) is 3. The zero-order valence-corrected chi connectivity index (χ0v) is 15.6. The number of aromatic nitrogens is 1. The Bertz CT molecular complexity index is 698. The van der Waals surface area contributed by atoms with Crippen LogP contribution < -0.4 is 5.32 Å². The van der Waals surface area contributed by atoms with Gasteiger partial charge in [-0.1, -0.05) is 6.07 Å². The molecule has 0 saturated carbocycles. The lowest BCUT2D eigenvalue weighted by Crippen LogP contribution is -2.48. The van der Waals surface area contributed by atoms with Crippen LogP contribution in [0.5, 0.6) is 0 Å². The van der Waals surface area contributed by atoms with Crippen molar-refractivity contribution in [2.75, 3.05) is 32.7 Å². The number of hydrogen-bond acceptors (Lipinski definition) is 5. The molecule has 138 valence electrons. The lowest BCUT2D eigenvalue weighted by Gasteiger charge is -2.34. The van der Waals surface area contributed by atoms with Crippen molar-refractivity contribution in [3.8, 4) is 0 Å². The van der Waals surface area contributed by atoms with Gasteiger partial charge in [-0.2, -0.15) is 0 Å². The summed E-state index contributed by atoms with van der Waals surface area (Å²) in [5.74, 6) is 0.121. The molecular formula is C19H24N4O2S. The molecule has 2 amide bonds. The minimum Gasteiger partial charge on any atom is -0.351 e. The molecule has 26 heavy (non-hydrogen) atoms. The van der Waals surface area contributed by atoms with Gasteiger partial charge in [0.2, 0.25) is 5.91 Å². The summed E-state index contributed by atoms with van der Waals surface area (Å²) < 4.78 is 0. The molecule has 0 aliphatic carbocycles. The molecule has 3 heterocycles. The number of nitrogens with one attached hydrogen (secondary N) is 1. The number of carbonyl (C=O) groups excluding carboxylic acids is 2. The molecule has 2 aromatic heterocycles. The Hall–Kier alpha value is -2.25. The second kappa shape index (κ2) is 9.45. The minimum absolute atomic E-state index is 0.0582. The summed E-state index contributed by atoms with van der Waals surface area (Å²) in [4.78, 5) is 33.2. The van der Waals surface area contributed by atoms with Gasteiger partial charge in [-0.15, -0.1) is 11.3 Å². The maximum absolute atomic E-state index is 12.3. The Balaban J connectivity index is 1.31. The highest BCUT2D eigenvalue weighted by atomic mass is 32.1. The van der Waals surface area contributed by atoms with Gasteiger partial charge >= 0.3 is 0 Å². The highest BCUT2D eigenvalue weighted by Crippen LogP contribution is 2.10. The largest absolute Gasteiger partial charge is 0.351 e. The summed E-state index contributed by atoms with van der Waals surface area (Å²) >= 11 is 1.42. The van der Waals surface area contributed by atoms with Crippen molar-refractivity contribution in [1.82, 2.24) is 20.1 Å². The molecule has 1 aliphatic heterocycles. The standard InChI is InChI=1S/C19H24N4O2S/c24-18(4-1-7-21-19(25)17-3-2-14-26-17)23-12-10-22(11-13-23)15-16-5-8-20-9-6-16/h2-3,5-6,8-9,14H,1,4,7,10-13,15H2,(H,21,25). The number of carbonyl (C=O) groups is 2. The summed E-state index contributed by atoms with van der Waals surface area (Å²) in [5.41, 5.74) is 1.25. The molecule has 0 bridgehead atoms. The average molecular weight is 372 g/mol. The van der Waals surface area contributed by atoms with Gasteiger partial charge in [-0.05, 0) is 35.6 Å². The minimum atomic E-state index is -0.0582. The maximum atomic E-state index is 12.3. The van der Waals surface area contributed by atoms with Crippen LogP contribution >= 0.6 is 11.3 Å². The number of piperazine rings is 1. The molecule has 6 nitrogen and oxygen atoms in total. The fourth-order valence-electron chi connectivity index (χ4n) is 3.00. The van der Waals surface area contributed by atoms with Crippen LogP contribution in [-0.2, 0) is 11.3 Å². The summed E-state index contributed by atoms with van der Waals surface area (Å²) in [6, 6.07) is 7.72. The van der Waals surface area contributed by atoms with E-state index in [1.807, 2.05) is 40.9 Å². The van der Waals surface area contributed by atoms with Crippen LogP contribution in [-0.4, -0.2) is 59.3 Å². The fraction of sp³-hybridized carbons (Fsp3) is 0.421. The lowest BCUT2D eigenvalue weighted by atomic mass is 10.2. The van der Waals surface area contributed by atoms with Crippen LogP contribution in [0.1, 0.15) is 28.1 Å². The number of thiophene rings is 1. The highest BCUT2D eigenvalue weighted by Gasteiger charge is 2.20. The van der Waals surface area contributed by atoms with E-state index in [0.29, 0.717) is 24.3 Å². The Kier molecular flexibility index (Phi) is 6.74. The molecule has 1 aliphatic rings. The first kappa shape index (κ1) is 18.5. The van der Waals surface area contributed by atoms with Gasteiger partial charge in [-0.3, -0.25) is 19.5 Å².